The molecule has 2 aromatic rings. The summed E-state index contributed by atoms with van der Waals surface area (Å²) >= 11 is 0. The van der Waals surface area contributed by atoms with Gasteiger partial charge in [0.1, 0.15) is 11.8 Å². The molecule has 1 heterocycles. The first kappa shape index (κ1) is 8.43. The molecule has 5 heteroatoms. The number of primary amides is 1. The van der Waals surface area contributed by atoms with Crippen LogP contribution in [0.3, 0.4) is 0 Å². The van der Waals surface area contributed by atoms with Crippen LogP contribution in [0, 0.1) is 0 Å². The lowest BCUT2D eigenvalue weighted by molar-refractivity contribution is 0.259. The van der Waals surface area contributed by atoms with Crippen molar-refractivity contribution in [3.63, 3.8) is 0 Å². The first-order valence-electron chi connectivity index (χ1n) is 3.93. The highest BCUT2D eigenvalue weighted by molar-refractivity contribution is 5.93. The quantitative estimate of drug-likeness (QED) is 0.641. The van der Waals surface area contributed by atoms with Crippen LogP contribution >= 0.6 is 0 Å². The number of amides is 2. The van der Waals surface area contributed by atoms with E-state index in [2.05, 4.69) is 5.32 Å². The van der Waals surface area contributed by atoms with E-state index in [1.165, 1.54) is 6.26 Å². The Morgan fingerprint density at radius 3 is 3.00 bits per heavy atom. The lowest BCUT2D eigenvalue weighted by Crippen LogP contribution is -2.19. The van der Waals surface area contributed by atoms with E-state index in [1.54, 1.807) is 18.2 Å². The molecule has 0 unspecified atom stereocenters. The Morgan fingerprint density at radius 2 is 2.29 bits per heavy atom. The van der Waals surface area contributed by atoms with Crippen molar-refractivity contribution in [1.82, 2.24) is 0 Å². The molecule has 0 radical (unpaired) electrons. The van der Waals surface area contributed by atoms with Crippen molar-refractivity contribution < 1.29 is 14.3 Å². The number of urea groups is 1. The van der Waals surface area contributed by atoms with Gasteiger partial charge in [0.05, 0.1) is 5.39 Å². The van der Waals surface area contributed by atoms with Crippen molar-refractivity contribution in [1.29, 1.82) is 0 Å². The van der Waals surface area contributed by atoms with Crippen LogP contribution in [-0.2, 0) is 0 Å². The van der Waals surface area contributed by atoms with Gasteiger partial charge >= 0.3 is 6.03 Å². The predicted molar refractivity (Wildman–Crippen MR) is 51.1 cm³/mol. The summed E-state index contributed by atoms with van der Waals surface area (Å²) in [5.74, 6) is 0.0353. The van der Waals surface area contributed by atoms with E-state index in [0.717, 1.165) is 0 Å². The molecule has 0 saturated heterocycles. The molecule has 2 rings (SSSR count). The van der Waals surface area contributed by atoms with Gasteiger partial charge in [0.25, 0.3) is 0 Å². The number of nitrogens with two attached hydrogens (primary N) is 1. The fraction of sp³-hybridized carbons (Fsp3) is 0. The molecule has 4 N–H and O–H groups in total. The molecular weight excluding hydrogens is 184 g/mol. The Kier molecular flexibility index (Phi) is 1.78. The van der Waals surface area contributed by atoms with Gasteiger partial charge in [-0.05, 0) is 18.2 Å². The monoisotopic (exact) mass is 192 g/mol. The zero-order valence-corrected chi connectivity index (χ0v) is 7.15. The number of nitrogens with one attached hydrogen (secondary N) is 1. The molecule has 0 atom stereocenters. The highest BCUT2D eigenvalue weighted by atomic mass is 16.4. The predicted octanol–water partition coefficient (Wildman–Crippen LogP) is 1.63. The molecule has 0 aliphatic carbocycles. The minimum atomic E-state index is -0.646. The fourth-order valence-corrected chi connectivity index (χ4v) is 1.24. The van der Waals surface area contributed by atoms with Crippen LogP contribution < -0.4 is 11.1 Å². The molecule has 0 fully saturated rings. The molecule has 0 aliphatic heterocycles. The van der Waals surface area contributed by atoms with E-state index in [1.807, 2.05) is 0 Å². The lowest BCUT2D eigenvalue weighted by Gasteiger charge is -2.00. The van der Waals surface area contributed by atoms with E-state index in [-0.39, 0.29) is 5.75 Å². The summed E-state index contributed by atoms with van der Waals surface area (Å²) in [6.07, 6.45) is 1.23. The number of furan rings is 1. The van der Waals surface area contributed by atoms with Crippen molar-refractivity contribution in [2.75, 3.05) is 5.32 Å². The van der Waals surface area contributed by atoms with Gasteiger partial charge in [-0.15, -0.1) is 0 Å². The number of fused-ring (bicyclic) bond motifs is 1. The third-order valence-corrected chi connectivity index (χ3v) is 1.82. The molecule has 72 valence electrons. The molecular formula is C9H8N2O3. The minimum Gasteiger partial charge on any atom is -0.504 e. The van der Waals surface area contributed by atoms with Gasteiger partial charge in [0.2, 0.25) is 0 Å². The third-order valence-electron chi connectivity index (χ3n) is 1.82. The fourth-order valence-electron chi connectivity index (χ4n) is 1.24. The van der Waals surface area contributed by atoms with Crippen LogP contribution in [0.25, 0.3) is 11.0 Å². The number of rotatable bonds is 1. The lowest BCUT2D eigenvalue weighted by atomic mass is 10.2. The summed E-state index contributed by atoms with van der Waals surface area (Å²) in [6.45, 7) is 0. The summed E-state index contributed by atoms with van der Waals surface area (Å²) in [4.78, 5) is 10.6. The van der Waals surface area contributed by atoms with Gasteiger partial charge in [-0.25, -0.2) is 4.79 Å². The van der Waals surface area contributed by atoms with E-state index in [0.29, 0.717) is 16.7 Å². The second-order valence-corrected chi connectivity index (χ2v) is 2.82. The molecule has 1 aromatic heterocycles. The summed E-state index contributed by atoms with van der Waals surface area (Å²) < 4.78 is 5.01. The molecule has 1 aromatic carbocycles. The average Bonchev–Trinajstić information content (AvgIpc) is 2.47. The first-order valence-corrected chi connectivity index (χ1v) is 3.93. The second-order valence-electron chi connectivity index (χ2n) is 2.82. The van der Waals surface area contributed by atoms with Gasteiger partial charge in [-0.3, -0.25) is 0 Å². The van der Waals surface area contributed by atoms with Gasteiger partial charge in [-0.2, -0.15) is 0 Å². The Bertz CT molecular complexity index is 490. The minimum absolute atomic E-state index is 0.0353. The number of carbonyl (C=O) groups excluding carboxylic acids is 1. The summed E-state index contributed by atoms with van der Waals surface area (Å²) in [7, 11) is 0. The molecule has 0 saturated carbocycles. The number of aromatic hydroxyl groups is 1. The van der Waals surface area contributed by atoms with Crippen molar-refractivity contribution in [2.45, 2.75) is 0 Å². The zero-order chi connectivity index (χ0) is 10.1. The average molecular weight is 192 g/mol. The molecule has 5 nitrogen and oxygen atoms in total. The van der Waals surface area contributed by atoms with Crippen molar-refractivity contribution in [2.24, 2.45) is 5.73 Å². The van der Waals surface area contributed by atoms with Gasteiger partial charge < -0.3 is 20.6 Å². The number of benzene rings is 1. The van der Waals surface area contributed by atoms with Crippen LogP contribution in [0.5, 0.6) is 5.75 Å². The van der Waals surface area contributed by atoms with Crippen LogP contribution in [0.4, 0.5) is 10.5 Å². The van der Waals surface area contributed by atoms with E-state index >= 15 is 0 Å². The maximum atomic E-state index is 10.6. The highest BCUT2D eigenvalue weighted by Crippen LogP contribution is 2.28. The number of anilines is 1. The normalized spacial score (nSPS) is 10.3. The Balaban J connectivity index is 2.49. The SMILES string of the molecule is NC(=O)Nc1ccc2occ(O)c2c1. The van der Waals surface area contributed by atoms with Gasteiger partial charge in [0, 0.05) is 5.69 Å². The van der Waals surface area contributed by atoms with Gasteiger partial charge in [0.15, 0.2) is 5.75 Å². The van der Waals surface area contributed by atoms with E-state index in [4.69, 9.17) is 10.2 Å². The van der Waals surface area contributed by atoms with Crippen LogP contribution in [0.1, 0.15) is 0 Å². The Labute approximate surface area is 79.1 Å². The van der Waals surface area contributed by atoms with Crippen molar-refractivity contribution in [3.8, 4) is 5.75 Å². The van der Waals surface area contributed by atoms with E-state index < -0.39 is 6.03 Å². The highest BCUT2D eigenvalue weighted by Gasteiger charge is 2.05. The van der Waals surface area contributed by atoms with Crippen molar-refractivity contribution >= 4 is 22.7 Å². The molecule has 0 spiro atoms. The number of carbonyl (C=O) groups is 1. The maximum absolute atomic E-state index is 10.6. The first-order chi connectivity index (χ1) is 6.66. The molecule has 14 heavy (non-hydrogen) atoms. The topological polar surface area (TPSA) is 88.5 Å². The summed E-state index contributed by atoms with van der Waals surface area (Å²) in [5, 5.41) is 12.3. The standard InChI is InChI=1S/C9H8N2O3/c10-9(13)11-5-1-2-8-6(3-5)7(12)4-14-8/h1-4,12H,(H3,10,11,13). The molecule has 2 amide bonds. The second kappa shape index (κ2) is 2.95. The summed E-state index contributed by atoms with van der Waals surface area (Å²) in [6, 6.07) is 4.21. The third kappa shape index (κ3) is 1.35. The largest absolute Gasteiger partial charge is 0.504 e. The molecule has 0 bridgehead atoms. The van der Waals surface area contributed by atoms with Crippen molar-refractivity contribution in [3.05, 3.63) is 24.5 Å². The Hall–Kier alpha value is -2.17. The van der Waals surface area contributed by atoms with E-state index in [9.17, 15) is 9.90 Å². The van der Waals surface area contributed by atoms with Crippen LogP contribution in [0.2, 0.25) is 0 Å². The summed E-state index contributed by atoms with van der Waals surface area (Å²) in [5.41, 5.74) is 6.01. The van der Waals surface area contributed by atoms with Crippen LogP contribution in [0.15, 0.2) is 28.9 Å². The number of hydrogen-bond acceptors (Lipinski definition) is 3. The molecule has 0 aliphatic rings. The Morgan fingerprint density at radius 1 is 1.50 bits per heavy atom. The number of hydrogen-bond donors (Lipinski definition) is 3. The zero-order valence-electron chi connectivity index (χ0n) is 7.15. The van der Waals surface area contributed by atoms with Gasteiger partial charge in [-0.1, -0.05) is 0 Å². The smallest absolute Gasteiger partial charge is 0.316 e. The maximum Gasteiger partial charge on any atom is 0.316 e. The van der Waals surface area contributed by atoms with Crippen LogP contribution in [-0.4, -0.2) is 11.1 Å².